The Bertz CT molecular complexity index is 526. The number of hydrogen-bond acceptors (Lipinski definition) is 2. The highest BCUT2D eigenvalue weighted by Gasteiger charge is 2.03. The number of allylic oxidation sites excluding steroid dienone is 2. The molecule has 0 aliphatic heterocycles. The minimum Gasteiger partial charge on any atom is -0.466 e. The van der Waals surface area contributed by atoms with Crippen molar-refractivity contribution in [2.75, 3.05) is 6.61 Å². The molecule has 0 saturated heterocycles. The lowest BCUT2D eigenvalue weighted by atomic mass is 10.0. The molecule has 0 N–H and O–H groups in total. The van der Waals surface area contributed by atoms with Crippen molar-refractivity contribution in [3.8, 4) is 0 Å². The molecule has 250 valence electrons. The third kappa shape index (κ3) is 37.2. The molecule has 0 fully saturated rings. The number of esters is 1. The average molecular weight is 591 g/mol. The molecule has 0 atom stereocenters. The number of carbonyl (C=O) groups is 1. The Labute approximate surface area is 266 Å². The summed E-state index contributed by atoms with van der Waals surface area (Å²) in [5.41, 5.74) is 0. The molecule has 0 bridgehead atoms. The van der Waals surface area contributed by atoms with Crippen LogP contribution in [0.15, 0.2) is 12.2 Å². The van der Waals surface area contributed by atoms with Crippen LogP contribution in [0.2, 0.25) is 0 Å². The van der Waals surface area contributed by atoms with Crippen molar-refractivity contribution in [1.29, 1.82) is 0 Å². The number of carbonyl (C=O) groups excluding carboxylic acids is 1. The standard InChI is InChI=1S/C40H78O2/c1-3-5-7-9-11-13-15-17-19-21-22-23-24-26-28-30-32-34-36-38-40(41)42-39-37-35-33-31-29-27-25-20-18-16-14-12-10-8-6-4-2/h17,19H,3-16,18,20-39H2,1-2H3. The van der Waals surface area contributed by atoms with E-state index >= 15 is 0 Å². The molecule has 2 nitrogen and oxygen atoms in total. The maximum Gasteiger partial charge on any atom is 0.305 e. The summed E-state index contributed by atoms with van der Waals surface area (Å²) in [6.45, 7) is 5.21. The van der Waals surface area contributed by atoms with E-state index in [1.165, 1.54) is 199 Å². The highest BCUT2D eigenvalue weighted by molar-refractivity contribution is 5.69. The van der Waals surface area contributed by atoms with Crippen molar-refractivity contribution < 1.29 is 9.53 Å². The van der Waals surface area contributed by atoms with Gasteiger partial charge in [-0.25, -0.2) is 0 Å². The Kier molecular flexibility index (Phi) is 37.5. The van der Waals surface area contributed by atoms with Crippen LogP contribution in [-0.4, -0.2) is 12.6 Å². The van der Waals surface area contributed by atoms with Gasteiger partial charge in [-0.15, -0.1) is 0 Å². The van der Waals surface area contributed by atoms with Crippen LogP contribution in [0.5, 0.6) is 0 Å². The number of unbranched alkanes of at least 4 members (excludes halogenated alkanes) is 30. The van der Waals surface area contributed by atoms with E-state index in [0.717, 1.165) is 12.8 Å². The second-order valence-corrected chi connectivity index (χ2v) is 13.3. The normalized spacial score (nSPS) is 11.6. The Morgan fingerprint density at radius 2 is 0.667 bits per heavy atom. The molecule has 0 aromatic rings. The first-order chi connectivity index (χ1) is 20.8. The van der Waals surface area contributed by atoms with Crippen LogP contribution in [0.1, 0.15) is 232 Å². The smallest absolute Gasteiger partial charge is 0.305 e. The van der Waals surface area contributed by atoms with E-state index in [0.29, 0.717) is 13.0 Å². The van der Waals surface area contributed by atoms with Gasteiger partial charge < -0.3 is 4.74 Å². The molecule has 0 aromatic heterocycles. The van der Waals surface area contributed by atoms with Crippen LogP contribution in [0.25, 0.3) is 0 Å². The van der Waals surface area contributed by atoms with E-state index in [4.69, 9.17) is 4.74 Å². The summed E-state index contributed by atoms with van der Waals surface area (Å²) in [7, 11) is 0. The summed E-state index contributed by atoms with van der Waals surface area (Å²) in [6, 6.07) is 0. The van der Waals surface area contributed by atoms with Crippen molar-refractivity contribution in [2.24, 2.45) is 0 Å². The zero-order valence-corrected chi connectivity index (χ0v) is 29.2. The first-order valence-corrected chi connectivity index (χ1v) is 19.6. The van der Waals surface area contributed by atoms with Crippen molar-refractivity contribution in [3.63, 3.8) is 0 Å². The topological polar surface area (TPSA) is 26.3 Å². The van der Waals surface area contributed by atoms with E-state index in [2.05, 4.69) is 26.0 Å². The van der Waals surface area contributed by atoms with Gasteiger partial charge in [-0.1, -0.05) is 199 Å². The molecule has 0 heterocycles. The quantitative estimate of drug-likeness (QED) is 0.0412. The second kappa shape index (κ2) is 38.2. The van der Waals surface area contributed by atoms with Crippen LogP contribution in [0, 0.1) is 0 Å². The summed E-state index contributed by atoms with van der Waals surface area (Å²) >= 11 is 0. The molecule has 0 aliphatic rings. The van der Waals surface area contributed by atoms with Crippen molar-refractivity contribution in [3.05, 3.63) is 12.2 Å². The Morgan fingerprint density at radius 1 is 0.381 bits per heavy atom. The molecule has 0 amide bonds. The van der Waals surface area contributed by atoms with E-state index < -0.39 is 0 Å². The summed E-state index contributed by atoms with van der Waals surface area (Å²) in [5, 5.41) is 0. The molecule has 0 aromatic carbocycles. The molecule has 0 radical (unpaired) electrons. The van der Waals surface area contributed by atoms with Gasteiger partial charge in [0, 0.05) is 6.42 Å². The minimum atomic E-state index is 0.0250. The summed E-state index contributed by atoms with van der Waals surface area (Å²) in [5.74, 6) is 0.0250. The highest BCUT2D eigenvalue weighted by atomic mass is 16.5. The van der Waals surface area contributed by atoms with Gasteiger partial charge in [0.2, 0.25) is 0 Å². The maximum absolute atomic E-state index is 12.0. The monoisotopic (exact) mass is 591 g/mol. The molecule has 0 saturated carbocycles. The van der Waals surface area contributed by atoms with Crippen molar-refractivity contribution in [2.45, 2.75) is 232 Å². The third-order valence-corrected chi connectivity index (χ3v) is 8.90. The number of rotatable bonds is 36. The SMILES string of the molecule is CCCCCCCCC=CCCCCCCCCCCCC(=O)OCCCCCCCCCCCCCCCCCC. The van der Waals surface area contributed by atoms with Gasteiger partial charge in [0.25, 0.3) is 0 Å². The van der Waals surface area contributed by atoms with Gasteiger partial charge >= 0.3 is 5.97 Å². The Morgan fingerprint density at radius 3 is 1.02 bits per heavy atom. The van der Waals surface area contributed by atoms with Gasteiger partial charge in [0.05, 0.1) is 6.61 Å². The fraction of sp³-hybridized carbons (Fsp3) is 0.925. The van der Waals surface area contributed by atoms with Crippen molar-refractivity contribution >= 4 is 5.97 Å². The fourth-order valence-corrected chi connectivity index (χ4v) is 5.96. The molecule has 42 heavy (non-hydrogen) atoms. The maximum atomic E-state index is 12.0. The molecule has 0 unspecified atom stereocenters. The molecule has 2 heteroatoms. The zero-order chi connectivity index (χ0) is 30.4. The first kappa shape index (κ1) is 41.2. The predicted octanol–water partition coefficient (Wildman–Crippen LogP) is 14.4. The van der Waals surface area contributed by atoms with Gasteiger partial charge in [0.1, 0.15) is 0 Å². The largest absolute Gasteiger partial charge is 0.466 e. The highest BCUT2D eigenvalue weighted by Crippen LogP contribution is 2.15. The van der Waals surface area contributed by atoms with Gasteiger partial charge in [-0.3, -0.25) is 4.79 Å². The number of hydrogen-bond donors (Lipinski definition) is 0. The lowest BCUT2D eigenvalue weighted by molar-refractivity contribution is -0.143. The number of ether oxygens (including phenoxy) is 1. The van der Waals surface area contributed by atoms with Crippen LogP contribution in [0.3, 0.4) is 0 Å². The lowest BCUT2D eigenvalue weighted by Crippen LogP contribution is -2.05. The minimum absolute atomic E-state index is 0.0250. The average Bonchev–Trinajstić information content (AvgIpc) is 3.00. The van der Waals surface area contributed by atoms with Gasteiger partial charge in [-0.05, 0) is 38.5 Å². The van der Waals surface area contributed by atoms with E-state index in [1.807, 2.05) is 0 Å². The van der Waals surface area contributed by atoms with Crippen LogP contribution < -0.4 is 0 Å². The summed E-state index contributed by atoms with van der Waals surface area (Å²) in [4.78, 5) is 12.0. The molecule has 0 spiro atoms. The Hall–Kier alpha value is -0.790. The summed E-state index contributed by atoms with van der Waals surface area (Å²) < 4.78 is 5.45. The molecule has 0 aliphatic carbocycles. The van der Waals surface area contributed by atoms with Crippen molar-refractivity contribution in [1.82, 2.24) is 0 Å². The summed E-state index contributed by atoms with van der Waals surface area (Å²) in [6.07, 6.45) is 50.0. The zero-order valence-electron chi connectivity index (χ0n) is 29.2. The van der Waals surface area contributed by atoms with Gasteiger partial charge in [0.15, 0.2) is 0 Å². The van der Waals surface area contributed by atoms with Crippen LogP contribution in [-0.2, 0) is 9.53 Å². The predicted molar refractivity (Wildman–Crippen MR) is 188 cm³/mol. The second-order valence-electron chi connectivity index (χ2n) is 13.3. The lowest BCUT2D eigenvalue weighted by Gasteiger charge is -2.06. The van der Waals surface area contributed by atoms with E-state index in [9.17, 15) is 4.79 Å². The third-order valence-electron chi connectivity index (χ3n) is 8.90. The van der Waals surface area contributed by atoms with Crippen LogP contribution in [0.4, 0.5) is 0 Å². The van der Waals surface area contributed by atoms with E-state index in [1.54, 1.807) is 0 Å². The Balaban J connectivity index is 3.18. The van der Waals surface area contributed by atoms with Crippen LogP contribution >= 0.6 is 0 Å². The van der Waals surface area contributed by atoms with E-state index in [-0.39, 0.29) is 5.97 Å². The molecular formula is C40H78O2. The molecular weight excluding hydrogens is 512 g/mol. The first-order valence-electron chi connectivity index (χ1n) is 19.6. The molecule has 0 rings (SSSR count). The van der Waals surface area contributed by atoms with Gasteiger partial charge in [-0.2, -0.15) is 0 Å². The fourth-order valence-electron chi connectivity index (χ4n) is 5.96.